The smallest absolute Gasteiger partial charge is 0.408 e. The fourth-order valence-electron chi connectivity index (χ4n) is 4.23. The molecule has 0 spiro atoms. The Balaban J connectivity index is 2.02. The van der Waals surface area contributed by atoms with Crippen molar-refractivity contribution in [2.24, 2.45) is 0 Å². The molecule has 1 aromatic heterocycles. The Kier molecular flexibility index (Phi) is 9.69. The van der Waals surface area contributed by atoms with Crippen LogP contribution in [0.5, 0.6) is 5.75 Å². The number of rotatable bonds is 11. The van der Waals surface area contributed by atoms with Gasteiger partial charge >= 0.3 is 12.2 Å². The van der Waals surface area contributed by atoms with Crippen LogP contribution in [0.25, 0.3) is 0 Å². The Labute approximate surface area is 238 Å². The van der Waals surface area contributed by atoms with Gasteiger partial charge in [0.1, 0.15) is 17.6 Å². The molecule has 0 unspecified atom stereocenters. The van der Waals surface area contributed by atoms with Crippen LogP contribution in [0.2, 0.25) is 0 Å². The fraction of sp³-hybridized carbons (Fsp3) is 0.481. The number of alkyl halides is 3. The summed E-state index contributed by atoms with van der Waals surface area (Å²) < 4.78 is 46.0. The molecule has 41 heavy (non-hydrogen) atoms. The Morgan fingerprint density at radius 2 is 1.88 bits per heavy atom. The highest BCUT2D eigenvalue weighted by atomic mass is 19.4. The zero-order valence-electron chi connectivity index (χ0n) is 24.3. The Bertz CT molecular complexity index is 1290. The molecule has 11 nitrogen and oxygen atoms in total. The summed E-state index contributed by atoms with van der Waals surface area (Å²) in [7, 11) is 7.31. The lowest BCUT2D eigenvalue weighted by Gasteiger charge is -2.41. The first kappa shape index (κ1) is 31.5. The third-order valence-corrected chi connectivity index (χ3v) is 6.62. The molecule has 2 aromatic rings. The van der Waals surface area contributed by atoms with E-state index in [-0.39, 0.29) is 18.3 Å². The summed E-state index contributed by atoms with van der Waals surface area (Å²) in [4.78, 5) is 40.2. The van der Waals surface area contributed by atoms with Gasteiger partial charge in [-0.05, 0) is 47.0 Å². The van der Waals surface area contributed by atoms with Gasteiger partial charge in [0.25, 0.3) is 0 Å². The van der Waals surface area contributed by atoms with E-state index in [0.717, 1.165) is 24.4 Å². The van der Waals surface area contributed by atoms with Gasteiger partial charge in [-0.3, -0.25) is 9.69 Å². The first-order valence-corrected chi connectivity index (χ1v) is 13.0. The molecule has 0 saturated heterocycles. The lowest BCUT2D eigenvalue weighted by molar-refractivity contribution is -0.172. The number of amides is 3. The third-order valence-electron chi connectivity index (χ3n) is 6.62. The van der Waals surface area contributed by atoms with Gasteiger partial charge in [0.15, 0.2) is 0 Å². The molecule has 3 amide bonds. The number of anilines is 5. The highest BCUT2D eigenvalue weighted by molar-refractivity contribution is 6.02. The zero-order valence-corrected chi connectivity index (χ0v) is 24.3. The Morgan fingerprint density at radius 3 is 2.44 bits per heavy atom. The van der Waals surface area contributed by atoms with Crippen LogP contribution in [-0.2, 0) is 11.3 Å². The van der Waals surface area contributed by atoms with Gasteiger partial charge in [0, 0.05) is 44.0 Å². The molecule has 1 aromatic carbocycles. The monoisotopic (exact) mass is 578 g/mol. The minimum absolute atomic E-state index is 0.0903. The molecule has 0 fully saturated rings. The maximum atomic E-state index is 13.5. The van der Waals surface area contributed by atoms with E-state index in [2.05, 4.69) is 27.2 Å². The highest BCUT2D eigenvalue weighted by Crippen LogP contribution is 2.39. The molecule has 0 bridgehead atoms. The summed E-state index contributed by atoms with van der Waals surface area (Å²) >= 11 is 0. The third kappa shape index (κ3) is 7.17. The zero-order chi connectivity index (χ0) is 30.6. The van der Waals surface area contributed by atoms with E-state index in [1.165, 1.54) is 18.2 Å². The standard InChI is InChI=1S/C27H37F3N8O3/c1-9-23(39)32-19-12-20(22(41-8)13-21(19)36(7)11-10-35(5)6)33-25-31-14-18-15-37(17(4)27(28,29)30)26(40)38(16(2)3)24(18)34-25/h9,12-14,16-17H,1,10-11,15H2,2-8H3,(H,32,39)(H,31,33,34)/t17-/m0/s1. The largest absolute Gasteiger partial charge is 0.494 e. The second-order valence-corrected chi connectivity index (χ2v) is 10.2. The number of aromatic nitrogens is 2. The average Bonchev–Trinajstić information content (AvgIpc) is 2.90. The number of urea groups is 1. The predicted molar refractivity (Wildman–Crippen MR) is 153 cm³/mol. The number of hydrogen-bond donors (Lipinski definition) is 2. The molecule has 0 aliphatic carbocycles. The predicted octanol–water partition coefficient (Wildman–Crippen LogP) is 4.45. The van der Waals surface area contributed by atoms with Crippen molar-refractivity contribution in [3.05, 3.63) is 36.5 Å². The molecule has 224 valence electrons. The number of likely N-dealkylation sites (N-methyl/N-ethyl adjacent to an activating group) is 2. The van der Waals surface area contributed by atoms with Gasteiger partial charge in [-0.1, -0.05) is 6.58 Å². The SMILES string of the molecule is C=CC(=O)Nc1cc(Nc2ncc3c(n2)N(C(C)C)C(=O)N([C@@H](C)C(F)(F)F)C3)c(OC)cc1N(C)CCN(C)C. The van der Waals surface area contributed by atoms with E-state index in [4.69, 9.17) is 4.74 Å². The van der Waals surface area contributed by atoms with Crippen molar-refractivity contribution in [2.45, 2.75) is 45.6 Å². The van der Waals surface area contributed by atoms with Crippen molar-refractivity contribution < 1.29 is 27.5 Å². The van der Waals surface area contributed by atoms with E-state index >= 15 is 0 Å². The van der Waals surface area contributed by atoms with Crippen LogP contribution in [0.1, 0.15) is 26.3 Å². The second kappa shape index (κ2) is 12.6. The van der Waals surface area contributed by atoms with Crippen LogP contribution >= 0.6 is 0 Å². The number of carbonyl (C=O) groups excluding carboxylic acids is 2. The number of nitrogens with one attached hydrogen (secondary N) is 2. The summed E-state index contributed by atoms with van der Waals surface area (Å²) in [6.45, 7) is 9.01. The van der Waals surface area contributed by atoms with E-state index < -0.39 is 30.2 Å². The fourth-order valence-corrected chi connectivity index (χ4v) is 4.23. The van der Waals surface area contributed by atoms with E-state index in [0.29, 0.717) is 34.9 Å². The van der Waals surface area contributed by atoms with Crippen molar-refractivity contribution >= 4 is 40.8 Å². The van der Waals surface area contributed by atoms with Gasteiger partial charge in [0.05, 0.1) is 30.7 Å². The molecule has 1 atom stereocenters. The maximum Gasteiger partial charge on any atom is 0.408 e. The van der Waals surface area contributed by atoms with Crippen molar-refractivity contribution in [3.8, 4) is 5.75 Å². The molecule has 3 rings (SSSR count). The molecule has 14 heteroatoms. The summed E-state index contributed by atoms with van der Waals surface area (Å²) in [6.07, 6.45) is -2.02. The van der Waals surface area contributed by atoms with Crippen LogP contribution in [0, 0.1) is 0 Å². The molecule has 0 radical (unpaired) electrons. The van der Waals surface area contributed by atoms with Crippen LogP contribution in [0.4, 0.5) is 46.8 Å². The first-order chi connectivity index (χ1) is 19.2. The number of carbonyl (C=O) groups is 2. The van der Waals surface area contributed by atoms with Crippen LogP contribution in [0.15, 0.2) is 31.0 Å². The topological polar surface area (TPSA) is 106 Å². The van der Waals surface area contributed by atoms with Crippen LogP contribution in [-0.4, -0.2) is 91.3 Å². The lowest BCUT2D eigenvalue weighted by atomic mass is 10.1. The van der Waals surface area contributed by atoms with Crippen LogP contribution < -0.4 is 25.2 Å². The van der Waals surface area contributed by atoms with Gasteiger partial charge in [-0.25, -0.2) is 9.78 Å². The van der Waals surface area contributed by atoms with E-state index in [1.807, 2.05) is 30.9 Å². The number of hydrogen-bond acceptors (Lipinski definition) is 8. The van der Waals surface area contributed by atoms with Gasteiger partial charge in [-0.2, -0.15) is 18.2 Å². The molecular weight excluding hydrogens is 541 g/mol. The quantitative estimate of drug-likeness (QED) is 0.377. The molecular formula is C27H37F3N8O3. The molecule has 2 N–H and O–H groups in total. The minimum Gasteiger partial charge on any atom is -0.494 e. The normalized spacial score (nSPS) is 14.2. The average molecular weight is 579 g/mol. The molecule has 1 aliphatic rings. The van der Waals surface area contributed by atoms with Gasteiger partial charge < -0.3 is 30.1 Å². The summed E-state index contributed by atoms with van der Waals surface area (Å²) in [6, 6.07) is 0.182. The minimum atomic E-state index is -4.58. The van der Waals surface area contributed by atoms with Crippen molar-refractivity contribution in [1.82, 2.24) is 19.8 Å². The second-order valence-electron chi connectivity index (χ2n) is 10.2. The van der Waals surface area contributed by atoms with E-state index in [1.54, 1.807) is 26.0 Å². The summed E-state index contributed by atoms with van der Waals surface area (Å²) in [5, 5.41) is 5.88. The lowest BCUT2D eigenvalue weighted by Crippen LogP contribution is -2.56. The maximum absolute atomic E-state index is 13.5. The number of ether oxygens (including phenoxy) is 1. The van der Waals surface area contributed by atoms with Crippen LogP contribution in [0.3, 0.4) is 0 Å². The molecule has 1 aliphatic heterocycles. The van der Waals surface area contributed by atoms with Crippen molar-refractivity contribution in [1.29, 1.82) is 0 Å². The van der Waals surface area contributed by atoms with E-state index in [9.17, 15) is 22.8 Å². The van der Waals surface area contributed by atoms with Gasteiger partial charge in [0.2, 0.25) is 11.9 Å². The number of methoxy groups -OCH3 is 1. The number of fused-ring (bicyclic) bond motifs is 1. The number of benzene rings is 1. The summed E-state index contributed by atoms with van der Waals surface area (Å²) in [5.74, 6) is 0.327. The molecule has 2 heterocycles. The Morgan fingerprint density at radius 1 is 1.20 bits per heavy atom. The summed E-state index contributed by atoms with van der Waals surface area (Å²) in [5.41, 5.74) is 1.98. The van der Waals surface area contributed by atoms with Crippen molar-refractivity contribution in [2.75, 3.05) is 61.8 Å². The number of nitrogens with zero attached hydrogens (tertiary/aromatic N) is 6. The van der Waals surface area contributed by atoms with Crippen molar-refractivity contribution in [3.63, 3.8) is 0 Å². The van der Waals surface area contributed by atoms with Gasteiger partial charge in [-0.15, -0.1) is 0 Å². The Hall–Kier alpha value is -4.07. The molecule has 0 saturated carbocycles. The highest BCUT2D eigenvalue weighted by Gasteiger charge is 2.46. The number of halogens is 3. The first-order valence-electron chi connectivity index (χ1n) is 13.0.